The Morgan fingerprint density at radius 1 is 1.35 bits per heavy atom. The Morgan fingerprint density at radius 2 is 2.09 bits per heavy atom. The summed E-state index contributed by atoms with van der Waals surface area (Å²) in [4.78, 5) is 23.4. The van der Waals surface area contributed by atoms with Gasteiger partial charge in [0.1, 0.15) is 0 Å². The number of halogens is 1. The van der Waals surface area contributed by atoms with Crippen LogP contribution < -0.4 is 5.32 Å². The van der Waals surface area contributed by atoms with Crippen LogP contribution in [0.15, 0.2) is 18.2 Å². The van der Waals surface area contributed by atoms with Gasteiger partial charge in [0.15, 0.2) is 0 Å². The molecule has 5 nitrogen and oxygen atoms in total. The van der Waals surface area contributed by atoms with Crippen molar-refractivity contribution in [1.82, 2.24) is 5.32 Å². The molecule has 124 valence electrons. The van der Waals surface area contributed by atoms with Crippen molar-refractivity contribution in [2.45, 2.75) is 44.2 Å². The number of rotatable bonds is 3. The van der Waals surface area contributed by atoms with Gasteiger partial charge in [-0.1, -0.05) is 23.7 Å². The van der Waals surface area contributed by atoms with Crippen LogP contribution in [0.25, 0.3) is 0 Å². The largest absolute Gasteiger partial charge is 0.481 e. The molecule has 1 aliphatic carbocycles. The lowest BCUT2D eigenvalue weighted by molar-refractivity contribution is -0.181. The first kappa shape index (κ1) is 16.3. The van der Waals surface area contributed by atoms with Crippen molar-refractivity contribution in [3.63, 3.8) is 0 Å². The highest BCUT2D eigenvalue weighted by Gasteiger charge is 2.51. The summed E-state index contributed by atoms with van der Waals surface area (Å²) in [6, 6.07) is 5.37. The van der Waals surface area contributed by atoms with Crippen LogP contribution in [0.1, 0.15) is 41.6 Å². The standard InChI is InChI=1S/C17H20ClNO4/c1-10-3-2-4-13(14(10)18)15(20)19-12-5-6-23-17(9-12)7-11(8-17)16(21)22/h2-4,11-12H,5-9H2,1H3,(H,19,20)(H,21,22). The number of carboxylic acid groups (broad SMARTS) is 1. The molecule has 0 bridgehead atoms. The fourth-order valence-corrected chi connectivity index (χ4v) is 3.75. The summed E-state index contributed by atoms with van der Waals surface area (Å²) in [5.41, 5.74) is 0.964. The zero-order chi connectivity index (χ0) is 16.6. The molecule has 2 N–H and O–H groups in total. The minimum Gasteiger partial charge on any atom is -0.481 e. The third-order valence-corrected chi connectivity index (χ3v) is 5.35. The monoisotopic (exact) mass is 337 g/mol. The number of ether oxygens (including phenoxy) is 1. The van der Waals surface area contributed by atoms with E-state index in [1.165, 1.54) is 0 Å². The molecule has 2 aliphatic rings. The predicted octanol–water partition coefficient (Wildman–Crippen LogP) is 2.79. The minimum absolute atomic E-state index is 0.0115. The number of aliphatic carboxylic acids is 1. The number of amides is 1. The van der Waals surface area contributed by atoms with E-state index < -0.39 is 5.97 Å². The van der Waals surface area contributed by atoms with E-state index in [2.05, 4.69) is 5.32 Å². The van der Waals surface area contributed by atoms with E-state index in [4.69, 9.17) is 21.4 Å². The predicted molar refractivity (Wildman–Crippen MR) is 85.7 cm³/mol. The third kappa shape index (κ3) is 3.21. The number of carboxylic acids is 1. The topological polar surface area (TPSA) is 75.6 Å². The summed E-state index contributed by atoms with van der Waals surface area (Å²) >= 11 is 6.20. The number of hydrogen-bond acceptors (Lipinski definition) is 3. The lowest BCUT2D eigenvalue weighted by Gasteiger charge is -2.50. The number of hydrogen-bond donors (Lipinski definition) is 2. The Bertz CT molecular complexity index is 639. The molecular formula is C17H20ClNO4. The molecule has 6 heteroatoms. The van der Waals surface area contributed by atoms with Crippen LogP contribution >= 0.6 is 11.6 Å². The molecule has 1 unspecified atom stereocenters. The van der Waals surface area contributed by atoms with Crippen molar-refractivity contribution < 1.29 is 19.4 Å². The molecular weight excluding hydrogens is 318 g/mol. The van der Waals surface area contributed by atoms with E-state index in [0.717, 1.165) is 12.0 Å². The lowest BCUT2D eigenvalue weighted by Crippen LogP contribution is -2.56. The maximum absolute atomic E-state index is 12.4. The molecule has 1 aliphatic heterocycles. The molecule has 0 radical (unpaired) electrons. The average molecular weight is 338 g/mol. The molecule has 1 spiro atoms. The second-order valence-corrected chi connectivity index (χ2v) is 6.95. The van der Waals surface area contributed by atoms with Crippen molar-refractivity contribution in [2.24, 2.45) is 5.92 Å². The first-order chi connectivity index (χ1) is 10.9. The van der Waals surface area contributed by atoms with Gasteiger partial charge in [-0.2, -0.15) is 0 Å². The Kier molecular flexibility index (Phi) is 4.34. The van der Waals surface area contributed by atoms with Gasteiger partial charge < -0.3 is 15.2 Å². The zero-order valence-corrected chi connectivity index (χ0v) is 13.7. The van der Waals surface area contributed by atoms with Gasteiger partial charge in [-0.25, -0.2) is 0 Å². The molecule has 0 aromatic heterocycles. The summed E-state index contributed by atoms with van der Waals surface area (Å²) in [6.07, 6.45) is 2.44. The smallest absolute Gasteiger partial charge is 0.306 e. The molecule has 1 atom stereocenters. The van der Waals surface area contributed by atoms with Crippen LogP contribution in [-0.2, 0) is 9.53 Å². The summed E-state index contributed by atoms with van der Waals surface area (Å²) in [5.74, 6) is -1.28. The van der Waals surface area contributed by atoms with Crippen LogP contribution in [0.2, 0.25) is 5.02 Å². The molecule has 1 aromatic carbocycles. The van der Waals surface area contributed by atoms with Gasteiger partial charge in [-0.15, -0.1) is 0 Å². The van der Waals surface area contributed by atoms with Crippen molar-refractivity contribution in [1.29, 1.82) is 0 Å². The molecule has 1 saturated carbocycles. The van der Waals surface area contributed by atoms with Crippen molar-refractivity contribution in [2.75, 3.05) is 6.61 Å². The molecule has 1 saturated heterocycles. The highest BCUT2D eigenvalue weighted by atomic mass is 35.5. The van der Waals surface area contributed by atoms with Crippen molar-refractivity contribution >= 4 is 23.5 Å². The summed E-state index contributed by atoms with van der Waals surface area (Å²) < 4.78 is 5.80. The number of benzene rings is 1. The fraction of sp³-hybridized carbons (Fsp3) is 0.529. The van der Waals surface area contributed by atoms with E-state index in [-0.39, 0.29) is 23.5 Å². The second-order valence-electron chi connectivity index (χ2n) is 6.57. The van der Waals surface area contributed by atoms with Gasteiger partial charge >= 0.3 is 5.97 Å². The molecule has 1 aromatic rings. The van der Waals surface area contributed by atoms with Crippen LogP contribution in [0.3, 0.4) is 0 Å². The Balaban J connectivity index is 1.63. The van der Waals surface area contributed by atoms with Crippen molar-refractivity contribution in [3.8, 4) is 0 Å². The summed E-state index contributed by atoms with van der Waals surface area (Å²) in [7, 11) is 0. The highest BCUT2D eigenvalue weighted by Crippen LogP contribution is 2.46. The van der Waals surface area contributed by atoms with Crippen LogP contribution in [0.4, 0.5) is 0 Å². The summed E-state index contributed by atoms with van der Waals surface area (Å²) in [5, 5.41) is 12.5. The number of aryl methyl sites for hydroxylation is 1. The molecule has 2 fully saturated rings. The van der Waals surface area contributed by atoms with Gasteiger partial charge in [0, 0.05) is 12.6 Å². The first-order valence-electron chi connectivity index (χ1n) is 7.83. The number of nitrogens with one attached hydrogen (secondary N) is 1. The quantitative estimate of drug-likeness (QED) is 0.889. The van der Waals surface area contributed by atoms with E-state index in [9.17, 15) is 9.59 Å². The first-order valence-corrected chi connectivity index (χ1v) is 8.21. The van der Waals surface area contributed by atoms with Crippen LogP contribution in [0, 0.1) is 12.8 Å². The highest BCUT2D eigenvalue weighted by molar-refractivity contribution is 6.34. The van der Waals surface area contributed by atoms with E-state index in [1.807, 2.05) is 19.1 Å². The zero-order valence-electron chi connectivity index (χ0n) is 13.0. The van der Waals surface area contributed by atoms with Gasteiger partial charge in [-0.05, 0) is 44.2 Å². The van der Waals surface area contributed by atoms with Crippen molar-refractivity contribution in [3.05, 3.63) is 34.3 Å². The number of carbonyl (C=O) groups excluding carboxylic acids is 1. The minimum atomic E-state index is -0.767. The maximum atomic E-state index is 12.4. The molecule has 3 rings (SSSR count). The maximum Gasteiger partial charge on any atom is 0.306 e. The van der Waals surface area contributed by atoms with Crippen LogP contribution in [0.5, 0.6) is 0 Å². The Morgan fingerprint density at radius 3 is 2.78 bits per heavy atom. The molecule has 1 heterocycles. The van der Waals surface area contributed by atoms with Gasteiger partial charge in [0.2, 0.25) is 0 Å². The Labute approximate surface area is 140 Å². The fourth-order valence-electron chi connectivity index (χ4n) is 3.53. The van der Waals surface area contributed by atoms with E-state index >= 15 is 0 Å². The normalized spacial score (nSPS) is 29.8. The Hall–Kier alpha value is -1.59. The third-order valence-electron chi connectivity index (χ3n) is 4.85. The average Bonchev–Trinajstić information content (AvgIpc) is 2.47. The van der Waals surface area contributed by atoms with E-state index in [0.29, 0.717) is 36.5 Å². The van der Waals surface area contributed by atoms with Crippen LogP contribution in [-0.4, -0.2) is 35.2 Å². The van der Waals surface area contributed by atoms with Gasteiger partial charge in [0.25, 0.3) is 5.91 Å². The van der Waals surface area contributed by atoms with Gasteiger partial charge in [0.05, 0.1) is 22.1 Å². The SMILES string of the molecule is Cc1cccc(C(=O)NC2CCOC3(C2)CC(C(=O)O)C3)c1Cl. The number of carbonyl (C=O) groups is 2. The molecule has 1 amide bonds. The lowest BCUT2D eigenvalue weighted by atomic mass is 9.66. The van der Waals surface area contributed by atoms with E-state index in [1.54, 1.807) is 6.07 Å². The summed E-state index contributed by atoms with van der Waals surface area (Å²) in [6.45, 7) is 2.40. The molecule has 23 heavy (non-hydrogen) atoms. The van der Waals surface area contributed by atoms with Gasteiger partial charge in [-0.3, -0.25) is 9.59 Å². The second kappa shape index (κ2) is 6.13.